The van der Waals surface area contributed by atoms with Crippen LogP contribution < -0.4 is 0 Å². The fourth-order valence-corrected chi connectivity index (χ4v) is 3.02. The Morgan fingerprint density at radius 1 is 0.853 bits per heavy atom. The fraction of sp³-hybridized carbons (Fsp3) is 0.357. The van der Waals surface area contributed by atoms with Crippen LogP contribution in [-0.4, -0.2) is 36.4 Å². The lowest BCUT2D eigenvalue weighted by Crippen LogP contribution is -2.07. The predicted molar refractivity (Wildman–Crippen MR) is 132 cm³/mol. The van der Waals surface area contributed by atoms with Gasteiger partial charge in [-0.1, -0.05) is 56.2 Å². The van der Waals surface area contributed by atoms with Crippen LogP contribution in [0.1, 0.15) is 62.5 Å². The molecule has 2 aromatic carbocycles. The smallest absolute Gasteiger partial charge is 0.307 e. The van der Waals surface area contributed by atoms with Gasteiger partial charge in [-0.3, -0.25) is 9.59 Å². The first-order valence-corrected chi connectivity index (χ1v) is 11.2. The van der Waals surface area contributed by atoms with Gasteiger partial charge >= 0.3 is 11.9 Å². The number of rotatable bonds is 8. The molecule has 2 N–H and O–H groups in total. The molecule has 0 radical (unpaired) electrons. The number of phenolic OH excluding ortho intramolecular Hbond substituents is 2. The first-order chi connectivity index (χ1) is 16.3. The topological polar surface area (TPSA) is 93.1 Å². The lowest BCUT2D eigenvalue weighted by Gasteiger charge is -2.12. The van der Waals surface area contributed by atoms with Crippen molar-refractivity contribution >= 4 is 11.9 Å². The number of aromatic hydroxyl groups is 2. The Labute approximate surface area is 202 Å². The van der Waals surface area contributed by atoms with Gasteiger partial charge in [0.1, 0.15) is 11.5 Å². The molecule has 182 valence electrons. The van der Waals surface area contributed by atoms with Crippen LogP contribution in [-0.2, 0) is 19.1 Å². The van der Waals surface area contributed by atoms with E-state index in [2.05, 4.69) is 21.3 Å². The Bertz CT molecular complexity index is 965. The third-order valence-electron chi connectivity index (χ3n) is 4.89. The zero-order chi connectivity index (χ0) is 25.3. The van der Waals surface area contributed by atoms with Gasteiger partial charge < -0.3 is 19.7 Å². The Hall–Kier alpha value is -3.72. The summed E-state index contributed by atoms with van der Waals surface area (Å²) in [7, 11) is 2.75. The number of allylic oxidation sites excluding steroid dienone is 2. The third-order valence-corrected chi connectivity index (χ3v) is 4.89. The molecule has 0 bridgehead atoms. The fourth-order valence-electron chi connectivity index (χ4n) is 3.02. The molecule has 2 rings (SSSR count). The van der Waals surface area contributed by atoms with Crippen LogP contribution in [0.2, 0.25) is 0 Å². The SMILES string of the molecule is CC/C=C\[C@@H](CC(=O)OC)c1ccc(O)cc1.CCC#C[C@@H](CC(=O)OC)c1ccc(O)cc1. The molecule has 0 heterocycles. The molecule has 34 heavy (non-hydrogen) atoms. The minimum atomic E-state index is -0.284. The number of carbonyl (C=O) groups excluding carboxylic acids is 2. The highest BCUT2D eigenvalue weighted by molar-refractivity contribution is 5.71. The summed E-state index contributed by atoms with van der Waals surface area (Å²) in [5.41, 5.74) is 1.91. The van der Waals surface area contributed by atoms with Gasteiger partial charge in [0.15, 0.2) is 0 Å². The molecule has 2 aromatic rings. The first kappa shape index (κ1) is 28.3. The highest BCUT2D eigenvalue weighted by Crippen LogP contribution is 2.24. The zero-order valence-electron chi connectivity index (χ0n) is 20.3. The number of hydrogen-bond acceptors (Lipinski definition) is 6. The molecule has 0 spiro atoms. The van der Waals surface area contributed by atoms with Gasteiger partial charge in [-0.25, -0.2) is 0 Å². The highest BCUT2D eigenvalue weighted by Gasteiger charge is 2.14. The van der Waals surface area contributed by atoms with Crippen molar-refractivity contribution in [2.45, 2.75) is 51.4 Å². The van der Waals surface area contributed by atoms with Crippen LogP contribution in [0.15, 0.2) is 60.7 Å². The Balaban J connectivity index is 0.000000340. The molecule has 2 atom stereocenters. The van der Waals surface area contributed by atoms with Gasteiger partial charge in [0, 0.05) is 12.3 Å². The van der Waals surface area contributed by atoms with Crippen molar-refractivity contribution in [3.63, 3.8) is 0 Å². The molecule has 0 unspecified atom stereocenters. The number of benzene rings is 2. The normalized spacial score (nSPS) is 11.9. The van der Waals surface area contributed by atoms with E-state index in [-0.39, 0.29) is 41.7 Å². The van der Waals surface area contributed by atoms with Crippen molar-refractivity contribution in [1.29, 1.82) is 0 Å². The quantitative estimate of drug-likeness (QED) is 0.305. The third kappa shape index (κ3) is 10.7. The van der Waals surface area contributed by atoms with Crippen molar-refractivity contribution in [2.75, 3.05) is 14.2 Å². The summed E-state index contributed by atoms with van der Waals surface area (Å²) < 4.78 is 9.33. The van der Waals surface area contributed by atoms with Crippen molar-refractivity contribution in [3.05, 3.63) is 71.8 Å². The predicted octanol–water partition coefficient (Wildman–Crippen LogP) is 5.46. The second kappa shape index (κ2) is 16.0. The van der Waals surface area contributed by atoms with E-state index in [9.17, 15) is 19.8 Å². The van der Waals surface area contributed by atoms with Gasteiger partial charge in [0.25, 0.3) is 0 Å². The summed E-state index contributed by atoms with van der Waals surface area (Å²) >= 11 is 0. The van der Waals surface area contributed by atoms with E-state index in [0.717, 1.165) is 24.0 Å². The lowest BCUT2D eigenvalue weighted by atomic mass is 9.95. The Morgan fingerprint density at radius 2 is 1.35 bits per heavy atom. The van der Waals surface area contributed by atoms with Gasteiger partial charge in [-0.15, -0.1) is 5.92 Å². The van der Waals surface area contributed by atoms with Crippen LogP contribution in [0.25, 0.3) is 0 Å². The maximum Gasteiger partial charge on any atom is 0.307 e. The van der Waals surface area contributed by atoms with Crippen molar-refractivity contribution in [1.82, 2.24) is 0 Å². The van der Waals surface area contributed by atoms with E-state index < -0.39 is 0 Å². The second-order valence-electron chi connectivity index (χ2n) is 7.41. The van der Waals surface area contributed by atoms with E-state index >= 15 is 0 Å². The minimum Gasteiger partial charge on any atom is -0.508 e. The summed E-state index contributed by atoms with van der Waals surface area (Å²) in [6.45, 7) is 4.00. The average molecular weight is 467 g/mol. The summed E-state index contributed by atoms with van der Waals surface area (Å²) in [5, 5.41) is 18.4. The maximum atomic E-state index is 11.3. The van der Waals surface area contributed by atoms with E-state index in [1.165, 1.54) is 14.2 Å². The average Bonchev–Trinajstić information content (AvgIpc) is 2.85. The molecule has 0 aliphatic carbocycles. The van der Waals surface area contributed by atoms with E-state index in [1.807, 2.05) is 38.1 Å². The first-order valence-electron chi connectivity index (χ1n) is 11.2. The zero-order valence-corrected chi connectivity index (χ0v) is 20.3. The van der Waals surface area contributed by atoms with Crippen LogP contribution in [0.5, 0.6) is 11.5 Å². The Morgan fingerprint density at radius 3 is 1.82 bits per heavy atom. The number of ether oxygens (including phenoxy) is 2. The lowest BCUT2D eigenvalue weighted by molar-refractivity contribution is -0.141. The van der Waals surface area contributed by atoms with Gasteiger partial charge in [0.05, 0.1) is 33.0 Å². The summed E-state index contributed by atoms with van der Waals surface area (Å²) in [6.07, 6.45) is 6.25. The number of methoxy groups -OCH3 is 2. The van der Waals surface area contributed by atoms with Gasteiger partial charge in [-0.2, -0.15) is 0 Å². The molecule has 0 saturated heterocycles. The molecule has 0 fully saturated rings. The molecule has 0 saturated carbocycles. The van der Waals surface area contributed by atoms with Crippen LogP contribution in [0.4, 0.5) is 0 Å². The van der Waals surface area contributed by atoms with E-state index in [0.29, 0.717) is 6.42 Å². The highest BCUT2D eigenvalue weighted by atomic mass is 16.5. The monoisotopic (exact) mass is 466 g/mol. The van der Waals surface area contributed by atoms with E-state index in [1.54, 1.807) is 36.4 Å². The van der Waals surface area contributed by atoms with Crippen LogP contribution in [0, 0.1) is 11.8 Å². The Kier molecular flexibility index (Phi) is 13.3. The largest absolute Gasteiger partial charge is 0.508 e. The van der Waals surface area contributed by atoms with Crippen molar-refractivity contribution in [2.24, 2.45) is 0 Å². The van der Waals surface area contributed by atoms with Crippen molar-refractivity contribution in [3.8, 4) is 23.3 Å². The standard InChI is InChI=1S/C14H18O3.C14H16O3/c2*1-3-4-5-12(10-14(16)17-2)11-6-8-13(15)9-7-11/h4-9,12,15H,3,10H2,1-2H3;6-9,12,15H,3,10H2,1-2H3/b5-4-;/t2*12-/m00/s1. The molecule has 0 amide bonds. The molecular formula is C28H34O6. The van der Waals surface area contributed by atoms with E-state index in [4.69, 9.17) is 0 Å². The molecule has 0 aromatic heterocycles. The summed E-state index contributed by atoms with van der Waals surface area (Å²) in [5.74, 6) is 5.75. The maximum absolute atomic E-state index is 11.3. The molecule has 0 aliphatic heterocycles. The minimum absolute atomic E-state index is 0.00278. The number of hydrogen-bond donors (Lipinski definition) is 2. The molecule has 6 heteroatoms. The summed E-state index contributed by atoms with van der Waals surface area (Å²) in [4.78, 5) is 22.6. The van der Waals surface area contributed by atoms with Crippen LogP contribution in [0.3, 0.4) is 0 Å². The molecular weight excluding hydrogens is 432 g/mol. The van der Waals surface area contributed by atoms with Crippen LogP contribution >= 0.6 is 0 Å². The molecule has 0 aliphatic rings. The van der Waals surface area contributed by atoms with Gasteiger partial charge in [0.2, 0.25) is 0 Å². The molecule has 6 nitrogen and oxygen atoms in total. The van der Waals surface area contributed by atoms with Crippen molar-refractivity contribution < 1.29 is 29.3 Å². The number of phenols is 2. The second-order valence-corrected chi connectivity index (χ2v) is 7.41. The number of carbonyl (C=O) groups is 2. The summed E-state index contributed by atoms with van der Waals surface area (Å²) in [6, 6.07) is 13.6. The number of esters is 2. The van der Waals surface area contributed by atoms with Gasteiger partial charge in [-0.05, 0) is 41.8 Å².